The van der Waals surface area contributed by atoms with E-state index >= 15 is 0 Å². The van der Waals surface area contributed by atoms with Gasteiger partial charge in [-0.3, -0.25) is 9.13 Å². The summed E-state index contributed by atoms with van der Waals surface area (Å²) in [5, 5.41) is 5.58. The highest BCUT2D eigenvalue weighted by molar-refractivity contribution is 7.35. The van der Waals surface area contributed by atoms with Crippen LogP contribution >= 0.6 is 16.9 Å². The number of fused-ring (bicyclic) bond motifs is 2. The van der Waals surface area contributed by atoms with E-state index < -0.39 is 0 Å². The second-order valence-corrected chi connectivity index (χ2v) is 6.87. The summed E-state index contributed by atoms with van der Waals surface area (Å²) in [7, 11) is -0.0908. The maximum atomic E-state index is 11.8. The molecule has 0 aromatic heterocycles. The third kappa shape index (κ3) is 2.36. The molecule has 24 heavy (non-hydrogen) atoms. The lowest BCUT2D eigenvalue weighted by Gasteiger charge is -2.14. The number of hydrogen-bond donors (Lipinski definition) is 0. The van der Waals surface area contributed by atoms with Crippen molar-refractivity contribution in [1.82, 2.24) is 0 Å². The van der Waals surface area contributed by atoms with Crippen LogP contribution < -0.4 is 10.6 Å². The van der Waals surface area contributed by atoms with Crippen LogP contribution in [0, 0.1) is 0 Å². The summed E-state index contributed by atoms with van der Waals surface area (Å²) in [5.41, 5.74) is 1.78. The van der Waals surface area contributed by atoms with E-state index in [0.29, 0.717) is 10.6 Å². The minimum atomic E-state index is -0.0454. The van der Waals surface area contributed by atoms with Crippen LogP contribution in [0.25, 0.3) is 32.7 Å². The fourth-order valence-electron chi connectivity index (χ4n) is 3.20. The fraction of sp³-hybridized carbons (Fsp3) is 0. The Kier molecular flexibility index (Phi) is 3.94. The second-order valence-electron chi connectivity index (χ2n) is 5.54. The van der Waals surface area contributed by atoms with Gasteiger partial charge < -0.3 is 0 Å². The third-order valence-electron chi connectivity index (χ3n) is 4.26. The number of rotatable bonds is 3. The van der Waals surface area contributed by atoms with Gasteiger partial charge in [0.1, 0.15) is 0 Å². The molecule has 0 fully saturated rings. The Morgan fingerprint density at radius 1 is 0.500 bits per heavy atom. The molecule has 0 unspecified atom stereocenters. The quantitative estimate of drug-likeness (QED) is 0.460. The normalized spacial score (nSPS) is 11.5. The van der Waals surface area contributed by atoms with Crippen molar-refractivity contribution >= 4 is 49.1 Å². The summed E-state index contributed by atoms with van der Waals surface area (Å²) in [6.45, 7) is 0. The smallest absolute Gasteiger partial charge is 0.192 e. The fourth-order valence-corrected chi connectivity index (χ4v) is 4.12. The van der Waals surface area contributed by atoms with E-state index in [4.69, 9.17) is 0 Å². The Balaban J connectivity index is 2.25. The molecule has 0 saturated heterocycles. The average Bonchev–Trinajstić information content (AvgIpc) is 2.66. The summed E-state index contributed by atoms with van der Waals surface area (Å²) >= 11 is 0. The predicted molar refractivity (Wildman–Crippen MR) is 101 cm³/mol. The molecule has 4 rings (SSSR count). The molecule has 2 nitrogen and oxygen atoms in total. The first-order chi connectivity index (χ1) is 11.8. The van der Waals surface area contributed by atoms with Crippen molar-refractivity contribution in [3.05, 3.63) is 72.8 Å². The molecule has 0 saturated carbocycles. The highest BCUT2D eigenvalue weighted by Crippen LogP contribution is 2.34. The molecule has 0 aliphatic heterocycles. The van der Waals surface area contributed by atoms with Gasteiger partial charge in [-0.15, -0.1) is 0 Å². The molecule has 0 aliphatic carbocycles. The third-order valence-corrected chi connectivity index (χ3v) is 5.40. The van der Waals surface area contributed by atoms with Crippen LogP contribution in [0.4, 0.5) is 0 Å². The van der Waals surface area contributed by atoms with E-state index in [1.165, 1.54) is 0 Å². The summed E-state index contributed by atoms with van der Waals surface area (Å²) in [6, 6.07) is 23.7. The lowest BCUT2D eigenvalue weighted by Crippen LogP contribution is -2.06. The summed E-state index contributed by atoms with van der Waals surface area (Å²) < 4.78 is 23.6. The molecular formula is C20H12O2P2. The van der Waals surface area contributed by atoms with Crippen LogP contribution in [0.5, 0.6) is 0 Å². The Bertz CT molecular complexity index is 1010. The van der Waals surface area contributed by atoms with E-state index in [1.54, 1.807) is 0 Å². The van der Waals surface area contributed by atoms with Gasteiger partial charge in [0, 0.05) is 11.1 Å². The average molecular weight is 346 g/mol. The number of benzene rings is 4. The zero-order chi connectivity index (χ0) is 16.5. The maximum Gasteiger partial charge on any atom is 0.192 e. The molecule has 0 radical (unpaired) electrons. The van der Waals surface area contributed by atoms with Crippen LogP contribution in [0.1, 0.15) is 0 Å². The first kappa shape index (κ1) is 15.1. The molecule has 0 aliphatic rings. The Hall–Kier alpha value is -2.40. The van der Waals surface area contributed by atoms with Crippen molar-refractivity contribution in [2.45, 2.75) is 0 Å². The first-order valence-corrected chi connectivity index (χ1v) is 9.16. The van der Waals surface area contributed by atoms with Crippen molar-refractivity contribution in [3.8, 4) is 11.1 Å². The van der Waals surface area contributed by atoms with Gasteiger partial charge in [-0.05, 0) is 33.7 Å². The summed E-state index contributed by atoms with van der Waals surface area (Å²) in [4.78, 5) is 0. The zero-order valence-electron chi connectivity index (χ0n) is 12.6. The molecular weight excluding hydrogens is 334 g/mol. The molecule has 0 spiro atoms. The highest BCUT2D eigenvalue weighted by Gasteiger charge is 2.17. The van der Waals surface area contributed by atoms with Gasteiger partial charge in [-0.1, -0.05) is 60.7 Å². The molecule has 4 heteroatoms. The van der Waals surface area contributed by atoms with Crippen molar-refractivity contribution in [1.29, 1.82) is 0 Å². The van der Waals surface area contributed by atoms with Gasteiger partial charge in [0.2, 0.25) is 0 Å². The molecule has 4 aromatic carbocycles. The molecule has 0 bridgehead atoms. The standard InChI is InChI=1S/C20H12O2P2/c21-23-17-11-9-13-5-1-3-7-15(13)19(17)20-16-8-4-2-6-14(16)10-12-18(20)24-22/h1-12H. The molecule has 0 atom stereocenters. The van der Waals surface area contributed by atoms with E-state index in [1.807, 2.05) is 72.8 Å². The van der Waals surface area contributed by atoms with Crippen molar-refractivity contribution in [3.63, 3.8) is 0 Å². The van der Waals surface area contributed by atoms with Crippen LogP contribution in [-0.4, -0.2) is 0 Å². The lowest BCUT2D eigenvalue weighted by atomic mass is 9.94. The first-order valence-electron chi connectivity index (χ1n) is 7.54. The van der Waals surface area contributed by atoms with Gasteiger partial charge in [-0.2, -0.15) is 0 Å². The van der Waals surface area contributed by atoms with E-state index in [0.717, 1.165) is 32.7 Å². The minimum Gasteiger partial charge on any atom is -0.269 e. The summed E-state index contributed by atoms with van der Waals surface area (Å²) in [5.74, 6) is 0. The monoisotopic (exact) mass is 346 g/mol. The Labute approximate surface area is 142 Å². The Morgan fingerprint density at radius 2 is 0.917 bits per heavy atom. The van der Waals surface area contributed by atoms with Crippen LogP contribution in [-0.2, 0) is 9.13 Å². The van der Waals surface area contributed by atoms with Crippen LogP contribution in [0.3, 0.4) is 0 Å². The van der Waals surface area contributed by atoms with Gasteiger partial charge in [-0.25, -0.2) is 0 Å². The van der Waals surface area contributed by atoms with Gasteiger partial charge in [0.05, 0.1) is 10.6 Å². The lowest BCUT2D eigenvalue weighted by molar-refractivity contribution is 0.602. The van der Waals surface area contributed by atoms with Gasteiger partial charge in [0.25, 0.3) is 0 Å². The molecule has 0 N–H and O–H groups in total. The van der Waals surface area contributed by atoms with Crippen molar-refractivity contribution in [2.24, 2.45) is 0 Å². The molecule has 0 heterocycles. The van der Waals surface area contributed by atoms with Crippen LogP contribution in [0.2, 0.25) is 0 Å². The maximum absolute atomic E-state index is 11.8. The molecule has 0 amide bonds. The SMILES string of the molecule is O=Pc1ccc2ccccc2c1-c1c(P=O)ccc2ccccc12. The predicted octanol–water partition coefficient (Wildman–Crippen LogP) is 5.49. The largest absolute Gasteiger partial charge is 0.269 e. The Morgan fingerprint density at radius 3 is 1.33 bits per heavy atom. The topological polar surface area (TPSA) is 34.1 Å². The second kappa shape index (κ2) is 6.24. The van der Waals surface area contributed by atoms with Crippen molar-refractivity contribution < 1.29 is 9.13 Å². The van der Waals surface area contributed by atoms with Gasteiger partial charge >= 0.3 is 0 Å². The van der Waals surface area contributed by atoms with Crippen LogP contribution in [0.15, 0.2) is 72.8 Å². The van der Waals surface area contributed by atoms with E-state index in [-0.39, 0.29) is 16.9 Å². The minimum absolute atomic E-state index is 0.0454. The van der Waals surface area contributed by atoms with E-state index in [9.17, 15) is 9.13 Å². The molecule has 4 aromatic rings. The van der Waals surface area contributed by atoms with Crippen molar-refractivity contribution in [2.75, 3.05) is 0 Å². The van der Waals surface area contributed by atoms with Gasteiger partial charge in [0.15, 0.2) is 16.9 Å². The zero-order valence-corrected chi connectivity index (χ0v) is 14.4. The molecule has 114 valence electrons. The highest BCUT2D eigenvalue weighted by atomic mass is 31.1. The summed E-state index contributed by atoms with van der Waals surface area (Å²) in [6.07, 6.45) is 0. The number of hydrogen-bond acceptors (Lipinski definition) is 2. The van der Waals surface area contributed by atoms with E-state index in [2.05, 4.69) is 0 Å².